The summed E-state index contributed by atoms with van der Waals surface area (Å²) < 4.78 is 38.7. The van der Waals surface area contributed by atoms with E-state index in [0.29, 0.717) is 16.8 Å². The van der Waals surface area contributed by atoms with Gasteiger partial charge in [0.2, 0.25) is 23.3 Å². The minimum atomic E-state index is -0.697. The average molecular weight is 772 g/mol. The van der Waals surface area contributed by atoms with Gasteiger partial charge in [-0.3, -0.25) is 9.59 Å². The Labute approximate surface area is 309 Å². The first-order valence-electron chi connectivity index (χ1n) is 15.2. The van der Waals surface area contributed by atoms with E-state index in [1.54, 1.807) is 19.9 Å². The van der Waals surface area contributed by atoms with Crippen molar-refractivity contribution >= 4 is 58.2 Å². The average Bonchev–Trinajstić information content (AvgIpc) is 3.82. The molecular formula is C33H30Cl2F2N10O6. The molecule has 2 aromatic carbocycles. The van der Waals surface area contributed by atoms with Gasteiger partial charge >= 0.3 is 11.9 Å². The number of amides is 2. The first-order chi connectivity index (χ1) is 25.0. The highest BCUT2D eigenvalue weighted by molar-refractivity contribution is 6.31. The number of ether oxygens (including phenoxy) is 2. The fraction of sp³-hybridized carbons (Fsp3) is 0.212. The number of nitrogens with zero attached hydrogens (tertiary/aromatic N) is 8. The zero-order chi connectivity index (χ0) is 37.4. The van der Waals surface area contributed by atoms with E-state index in [9.17, 15) is 28.0 Å². The maximum Gasteiger partial charge on any atom is 0.376 e. The summed E-state index contributed by atoms with van der Waals surface area (Å²) >= 11 is 11.5. The van der Waals surface area contributed by atoms with Gasteiger partial charge in [0.15, 0.2) is 11.3 Å². The number of nitrogens with one attached hydrogen (secondary N) is 2. The SMILES string of the molecule is C.CCOC(=O)c1nc(C(=O)OCC)n2nccc2n1.O=C(NCc1ccc(F)c(Cl)c1)c1nc(C(=O)NCc2ccc(F)c(Cl)c2)n2nccc2n1. The summed E-state index contributed by atoms with van der Waals surface area (Å²) in [6, 6.07) is 11.2. The van der Waals surface area contributed by atoms with Crippen LogP contribution in [0.25, 0.3) is 11.3 Å². The highest BCUT2D eigenvalue weighted by atomic mass is 35.5. The molecule has 0 aliphatic carbocycles. The highest BCUT2D eigenvalue weighted by Gasteiger charge is 2.22. The monoisotopic (exact) mass is 770 g/mol. The molecule has 2 N–H and O–H groups in total. The molecule has 0 unspecified atom stereocenters. The van der Waals surface area contributed by atoms with Crippen LogP contribution in [0.2, 0.25) is 10.0 Å². The predicted molar refractivity (Wildman–Crippen MR) is 185 cm³/mol. The number of hydrogen-bond donors (Lipinski definition) is 2. The molecule has 276 valence electrons. The normalized spacial score (nSPS) is 10.5. The van der Waals surface area contributed by atoms with Crippen LogP contribution in [0.1, 0.15) is 74.9 Å². The zero-order valence-corrected chi connectivity index (χ0v) is 28.7. The molecule has 4 heterocycles. The standard InChI is InChI=1S/C21H14Cl2F2N6O2.C11H12N4O4.CH4/c22-13-7-11(1-3-15(13)24)9-26-20(32)18-29-17-5-6-28-31(17)19(30-18)21(33)27-10-12-2-4-16(25)14(23)8-12;1-3-18-10(16)8-13-7-5-6-12-15(7)9(14-8)11(17)19-4-2;/h1-8H,9-10H2,(H,26,32)(H,27,33);5-6H,3-4H2,1-2H3;1H4. The number of aromatic nitrogens is 8. The largest absolute Gasteiger partial charge is 0.460 e. The molecule has 6 rings (SSSR count). The minimum Gasteiger partial charge on any atom is -0.460 e. The van der Waals surface area contributed by atoms with Crippen LogP contribution in [0.5, 0.6) is 0 Å². The first-order valence-corrected chi connectivity index (χ1v) is 16.0. The summed E-state index contributed by atoms with van der Waals surface area (Å²) in [6.45, 7) is 3.81. The molecule has 0 aliphatic heterocycles. The number of hydrogen-bond acceptors (Lipinski definition) is 12. The van der Waals surface area contributed by atoms with Crippen molar-refractivity contribution < 1.29 is 37.4 Å². The van der Waals surface area contributed by atoms with Crippen molar-refractivity contribution in [3.8, 4) is 0 Å². The molecule has 53 heavy (non-hydrogen) atoms. The van der Waals surface area contributed by atoms with Crippen molar-refractivity contribution in [3.05, 3.63) is 117 Å². The van der Waals surface area contributed by atoms with Crippen LogP contribution in [0.15, 0.2) is 60.9 Å². The van der Waals surface area contributed by atoms with Crippen LogP contribution < -0.4 is 10.6 Å². The van der Waals surface area contributed by atoms with Gasteiger partial charge in [0.25, 0.3) is 11.8 Å². The van der Waals surface area contributed by atoms with Gasteiger partial charge < -0.3 is 20.1 Å². The fourth-order valence-corrected chi connectivity index (χ4v) is 4.74. The van der Waals surface area contributed by atoms with E-state index in [-0.39, 0.29) is 72.7 Å². The van der Waals surface area contributed by atoms with E-state index < -0.39 is 35.4 Å². The summed E-state index contributed by atoms with van der Waals surface area (Å²) in [4.78, 5) is 64.7. The molecule has 0 spiro atoms. The molecule has 0 radical (unpaired) electrons. The lowest BCUT2D eigenvalue weighted by molar-refractivity contribution is 0.0497. The Hall–Kier alpha value is -6.14. The van der Waals surface area contributed by atoms with E-state index in [1.165, 1.54) is 63.9 Å². The van der Waals surface area contributed by atoms with E-state index in [0.717, 1.165) is 0 Å². The number of carbonyl (C=O) groups excluding carboxylic acids is 4. The number of fused-ring (bicyclic) bond motifs is 2. The summed E-state index contributed by atoms with van der Waals surface area (Å²) in [6.07, 6.45) is 2.85. The van der Waals surface area contributed by atoms with Crippen molar-refractivity contribution in [3.63, 3.8) is 0 Å². The van der Waals surface area contributed by atoms with Crippen LogP contribution in [0, 0.1) is 11.6 Å². The number of esters is 2. The van der Waals surface area contributed by atoms with Crippen molar-refractivity contribution in [1.82, 2.24) is 49.8 Å². The Morgan fingerprint density at radius 3 is 1.66 bits per heavy atom. The molecule has 0 atom stereocenters. The van der Waals surface area contributed by atoms with Gasteiger partial charge in [-0.1, -0.05) is 42.8 Å². The molecular weight excluding hydrogens is 741 g/mol. The second-order valence-electron chi connectivity index (χ2n) is 10.2. The smallest absolute Gasteiger partial charge is 0.376 e. The van der Waals surface area contributed by atoms with Gasteiger partial charge in [-0.05, 0) is 49.2 Å². The topological polar surface area (TPSA) is 197 Å². The molecule has 0 bridgehead atoms. The van der Waals surface area contributed by atoms with Crippen LogP contribution in [0.4, 0.5) is 8.78 Å². The van der Waals surface area contributed by atoms with E-state index in [4.69, 9.17) is 32.7 Å². The number of carbonyl (C=O) groups is 4. The van der Waals surface area contributed by atoms with E-state index in [2.05, 4.69) is 40.8 Å². The Morgan fingerprint density at radius 2 is 1.13 bits per heavy atom. The number of halogens is 4. The summed E-state index contributed by atoms with van der Waals surface area (Å²) in [7, 11) is 0. The maximum absolute atomic E-state index is 13.3. The van der Waals surface area contributed by atoms with Crippen molar-refractivity contribution in [2.45, 2.75) is 34.4 Å². The van der Waals surface area contributed by atoms with Gasteiger partial charge in [0.1, 0.15) is 11.6 Å². The minimum absolute atomic E-state index is 0. The van der Waals surface area contributed by atoms with Crippen molar-refractivity contribution in [1.29, 1.82) is 0 Å². The Bertz CT molecular complexity index is 2300. The Balaban J connectivity index is 0.000000267. The third kappa shape index (κ3) is 9.60. The first kappa shape index (κ1) is 39.6. The predicted octanol–water partition coefficient (Wildman–Crippen LogP) is 4.68. The lowest BCUT2D eigenvalue weighted by atomic mass is 10.2. The van der Waals surface area contributed by atoms with Crippen molar-refractivity contribution in [2.75, 3.05) is 13.2 Å². The van der Waals surface area contributed by atoms with Crippen molar-refractivity contribution in [2.24, 2.45) is 0 Å². The van der Waals surface area contributed by atoms with Crippen LogP contribution in [-0.2, 0) is 22.6 Å². The molecule has 0 saturated heterocycles. The molecule has 4 aromatic heterocycles. The second-order valence-corrected chi connectivity index (χ2v) is 11.1. The zero-order valence-electron chi connectivity index (χ0n) is 27.1. The van der Waals surface area contributed by atoms with E-state index in [1.807, 2.05) is 0 Å². The van der Waals surface area contributed by atoms with Gasteiger partial charge in [-0.15, -0.1) is 0 Å². The third-order valence-corrected chi connectivity index (χ3v) is 7.29. The van der Waals surface area contributed by atoms with Crippen LogP contribution in [-0.4, -0.2) is 76.1 Å². The Kier molecular flexibility index (Phi) is 13.4. The van der Waals surface area contributed by atoms with Gasteiger partial charge in [0, 0.05) is 25.2 Å². The Morgan fingerprint density at radius 1 is 0.660 bits per heavy atom. The summed E-state index contributed by atoms with van der Waals surface area (Å²) in [5.41, 5.74) is 1.68. The third-order valence-electron chi connectivity index (χ3n) is 6.71. The second kappa shape index (κ2) is 17.9. The van der Waals surface area contributed by atoms with Gasteiger partial charge in [-0.2, -0.15) is 29.2 Å². The molecule has 20 heteroatoms. The van der Waals surface area contributed by atoms with Crippen LogP contribution in [0.3, 0.4) is 0 Å². The number of rotatable bonds is 10. The summed E-state index contributed by atoms with van der Waals surface area (Å²) in [5, 5.41) is 13.0. The number of benzene rings is 2. The van der Waals surface area contributed by atoms with Gasteiger partial charge in [-0.25, -0.2) is 28.3 Å². The van der Waals surface area contributed by atoms with Crippen LogP contribution >= 0.6 is 23.2 Å². The highest BCUT2D eigenvalue weighted by Crippen LogP contribution is 2.17. The lowest BCUT2D eigenvalue weighted by Gasteiger charge is -2.09. The molecule has 2 amide bonds. The molecule has 0 saturated carbocycles. The van der Waals surface area contributed by atoms with E-state index >= 15 is 0 Å². The molecule has 16 nitrogen and oxygen atoms in total. The summed E-state index contributed by atoms with van der Waals surface area (Å²) in [5.74, 6) is -4.54. The maximum atomic E-state index is 13.3. The quantitative estimate of drug-likeness (QED) is 0.183. The molecule has 0 aliphatic rings. The molecule has 0 fully saturated rings. The lowest BCUT2D eigenvalue weighted by Crippen LogP contribution is -2.30. The van der Waals surface area contributed by atoms with Gasteiger partial charge in [0.05, 0.1) is 35.7 Å². The molecule has 6 aromatic rings. The fourth-order valence-electron chi connectivity index (χ4n) is 4.34.